The zero-order chi connectivity index (χ0) is 35.7. The third-order valence-electron chi connectivity index (χ3n) is 8.55. The van der Waals surface area contributed by atoms with E-state index in [2.05, 4.69) is 28.1 Å². The Hall–Kier alpha value is -5.39. The van der Waals surface area contributed by atoms with Crippen LogP contribution in [-0.4, -0.2) is 36.1 Å². The van der Waals surface area contributed by atoms with Gasteiger partial charge >= 0.3 is 5.97 Å². The number of methoxy groups -OCH3 is 1. The molecule has 3 N–H and O–H groups in total. The summed E-state index contributed by atoms with van der Waals surface area (Å²) in [5, 5.41) is 8.62. The van der Waals surface area contributed by atoms with Gasteiger partial charge in [0.25, 0.3) is 11.8 Å². The SMILES string of the molecule is CCC(Sc1cccc(NC(=O)/C(=C/c2ccco2)NC(=O)c2ccccc2)c1)C(=O)Nc1sc2c(c1C(=O)OC)CCC(c1ccccc1)C2. The molecule has 0 spiro atoms. The van der Waals surface area contributed by atoms with Crippen LogP contribution < -0.4 is 16.0 Å². The van der Waals surface area contributed by atoms with Crippen molar-refractivity contribution < 1.29 is 28.3 Å². The van der Waals surface area contributed by atoms with E-state index in [4.69, 9.17) is 9.15 Å². The molecule has 51 heavy (non-hydrogen) atoms. The number of fused-ring (bicyclic) bond motifs is 1. The van der Waals surface area contributed by atoms with Crippen molar-refractivity contribution in [1.29, 1.82) is 0 Å². The van der Waals surface area contributed by atoms with E-state index in [1.165, 1.54) is 48.1 Å². The van der Waals surface area contributed by atoms with Gasteiger partial charge in [-0.2, -0.15) is 0 Å². The number of hydrogen-bond donors (Lipinski definition) is 3. The molecule has 3 aromatic carbocycles. The summed E-state index contributed by atoms with van der Waals surface area (Å²) >= 11 is 2.81. The number of nitrogens with one attached hydrogen (secondary N) is 3. The predicted molar refractivity (Wildman–Crippen MR) is 201 cm³/mol. The number of amides is 3. The quantitative estimate of drug-likeness (QED) is 0.0673. The fraction of sp³-hybridized carbons (Fsp3) is 0.200. The molecule has 0 aliphatic heterocycles. The molecule has 9 nitrogen and oxygen atoms in total. The molecule has 2 aromatic heterocycles. The first-order chi connectivity index (χ1) is 24.8. The van der Waals surface area contributed by atoms with Crippen LogP contribution in [0.2, 0.25) is 0 Å². The van der Waals surface area contributed by atoms with Crippen molar-refractivity contribution >= 4 is 63.6 Å². The highest BCUT2D eigenvalue weighted by atomic mass is 32.2. The summed E-state index contributed by atoms with van der Waals surface area (Å²) in [6.07, 6.45) is 5.88. The second-order valence-corrected chi connectivity index (χ2v) is 14.3. The van der Waals surface area contributed by atoms with Gasteiger partial charge in [-0.3, -0.25) is 14.4 Å². The molecule has 2 atom stereocenters. The Kier molecular flexibility index (Phi) is 11.5. The maximum absolute atomic E-state index is 13.7. The van der Waals surface area contributed by atoms with Crippen molar-refractivity contribution in [2.24, 2.45) is 0 Å². The van der Waals surface area contributed by atoms with Crippen LogP contribution in [0.3, 0.4) is 0 Å². The summed E-state index contributed by atoms with van der Waals surface area (Å²) in [6, 6.07) is 29.5. The standard InChI is InChI=1S/C40H37N3O6S2/c1-3-33(38(46)43-39-35(40(47)48-2)31-20-19-27(22-34(31)51-39)25-12-6-4-7-13-25)50-30-18-10-16-28(23-30)41-37(45)32(24-29-17-11-21-49-29)42-36(44)26-14-8-5-9-15-26/h4-18,21,23-24,27,33H,3,19-20,22H2,1-2H3,(H,41,45)(H,42,44)(H,43,46)/b32-24-. The van der Waals surface area contributed by atoms with Crippen LogP contribution in [0.4, 0.5) is 10.7 Å². The van der Waals surface area contributed by atoms with Gasteiger partial charge in [0.05, 0.1) is 24.2 Å². The van der Waals surface area contributed by atoms with E-state index in [-0.39, 0.29) is 11.6 Å². The van der Waals surface area contributed by atoms with Gasteiger partial charge in [0.15, 0.2) is 0 Å². The number of carbonyl (C=O) groups excluding carboxylic acids is 4. The molecule has 0 saturated carbocycles. The van der Waals surface area contributed by atoms with E-state index in [0.717, 1.165) is 34.6 Å². The largest absolute Gasteiger partial charge is 0.465 e. The smallest absolute Gasteiger partial charge is 0.341 e. The minimum atomic E-state index is -0.547. The molecule has 1 aliphatic carbocycles. The minimum absolute atomic E-state index is 0.00202. The fourth-order valence-electron chi connectivity index (χ4n) is 5.98. The number of thiophene rings is 1. The lowest BCUT2D eigenvalue weighted by atomic mass is 9.83. The molecule has 2 unspecified atom stereocenters. The van der Waals surface area contributed by atoms with E-state index in [0.29, 0.717) is 39.9 Å². The molecule has 0 bridgehead atoms. The summed E-state index contributed by atoms with van der Waals surface area (Å²) in [5.41, 5.74) is 3.54. The zero-order valence-electron chi connectivity index (χ0n) is 28.1. The molecular weight excluding hydrogens is 683 g/mol. The van der Waals surface area contributed by atoms with E-state index < -0.39 is 23.0 Å². The van der Waals surface area contributed by atoms with Crippen molar-refractivity contribution in [1.82, 2.24) is 5.32 Å². The normalized spacial score (nSPS) is 14.5. The third-order valence-corrected chi connectivity index (χ3v) is 11.1. The van der Waals surface area contributed by atoms with Crippen molar-refractivity contribution in [2.45, 2.75) is 48.7 Å². The highest BCUT2D eigenvalue weighted by Crippen LogP contribution is 2.43. The van der Waals surface area contributed by atoms with E-state index in [1.807, 2.05) is 31.2 Å². The van der Waals surface area contributed by atoms with Gasteiger partial charge in [-0.15, -0.1) is 23.1 Å². The maximum Gasteiger partial charge on any atom is 0.341 e. The highest BCUT2D eigenvalue weighted by molar-refractivity contribution is 8.00. The maximum atomic E-state index is 13.7. The van der Waals surface area contributed by atoms with Gasteiger partial charge in [0, 0.05) is 27.1 Å². The molecule has 3 amide bonds. The molecule has 1 aliphatic rings. The summed E-state index contributed by atoms with van der Waals surface area (Å²) in [6.45, 7) is 1.93. The Morgan fingerprint density at radius 1 is 0.961 bits per heavy atom. The third kappa shape index (κ3) is 8.68. The molecule has 0 saturated heterocycles. The van der Waals surface area contributed by atoms with Crippen molar-refractivity contribution in [3.63, 3.8) is 0 Å². The number of furan rings is 1. The number of thioether (sulfide) groups is 1. The van der Waals surface area contributed by atoms with Crippen LogP contribution in [0, 0.1) is 0 Å². The summed E-state index contributed by atoms with van der Waals surface area (Å²) < 4.78 is 10.5. The zero-order valence-corrected chi connectivity index (χ0v) is 29.8. The first-order valence-electron chi connectivity index (χ1n) is 16.6. The Labute approximate surface area is 304 Å². The molecule has 0 fully saturated rings. The summed E-state index contributed by atoms with van der Waals surface area (Å²) in [5.74, 6) is -0.933. The van der Waals surface area contributed by atoms with Crippen LogP contribution in [0.15, 0.2) is 118 Å². The van der Waals surface area contributed by atoms with E-state index >= 15 is 0 Å². The lowest BCUT2D eigenvalue weighted by Crippen LogP contribution is -2.30. The highest BCUT2D eigenvalue weighted by Gasteiger charge is 2.31. The predicted octanol–water partition coefficient (Wildman–Crippen LogP) is 8.32. The minimum Gasteiger partial charge on any atom is -0.465 e. The molecule has 11 heteroatoms. The lowest BCUT2D eigenvalue weighted by molar-refractivity contribution is -0.116. The van der Waals surface area contributed by atoms with Gasteiger partial charge in [-0.05, 0) is 85.2 Å². The van der Waals surface area contributed by atoms with Gasteiger partial charge < -0.3 is 25.1 Å². The first kappa shape index (κ1) is 35.4. The molecular formula is C40H37N3O6S2. The Morgan fingerprint density at radius 3 is 2.43 bits per heavy atom. The molecule has 260 valence electrons. The van der Waals surface area contributed by atoms with Crippen LogP contribution in [0.5, 0.6) is 0 Å². The fourth-order valence-corrected chi connectivity index (χ4v) is 8.32. The molecule has 5 aromatic rings. The van der Waals surface area contributed by atoms with Crippen molar-refractivity contribution in [3.8, 4) is 0 Å². The topological polar surface area (TPSA) is 127 Å². The summed E-state index contributed by atoms with van der Waals surface area (Å²) in [7, 11) is 1.36. The number of benzene rings is 3. The average Bonchev–Trinajstić information content (AvgIpc) is 3.81. The van der Waals surface area contributed by atoms with Gasteiger partial charge in [0.1, 0.15) is 16.5 Å². The first-order valence-corrected chi connectivity index (χ1v) is 18.3. The van der Waals surface area contributed by atoms with E-state index in [1.54, 1.807) is 60.7 Å². The lowest BCUT2D eigenvalue weighted by Gasteiger charge is -2.22. The van der Waals surface area contributed by atoms with Gasteiger partial charge in [0.2, 0.25) is 5.91 Å². The molecule has 2 heterocycles. The van der Waals surface area contributed by atoms with Crippen LogP contribution in [0.25, 0.3) is 6.08 Å². The number of hydrogen-bond acceptors (Lipinski definition) is 8. The number of ether oxygens (including phenoxy) is 1. The van der Waals surface area contributed by atoms with E-state index in [9.17, 15) is 19.2 Å². The number of anilines is 2. The monoisotopic (exact) mass is 719 g/mol. The van der Waals surface area contributed by atoms with Crippen LogP contribution in [-0.2, 0) is 27.2 Å². The number of esters is 1. The Balaban J connectivity index is 1.15. The van der Waals surface area contributed by atoms with Crippen molar-refractivity contribution in [2.75, 3.05) is 17.7 Å². The Morgan fingerprint density at radius 2 is 1.73 bits per heavy atom. The Bertz CT molecular complexity index is 2040. The summed E-state index contributed by atoms with van der Waals surface area (Å²) in [4.78, 5) is 54.9. The second kappa shape index (κ2) is 16.5. The molecule has 6 rings (SSSR count). The van der Waals surface area contributed by atoms with Gasteiger partial charge in [-0.25, -0.2) is 4.79 Å². The average molecular weight is 720 g/mol. The number of carbonyl (C=O) groups is 4. The van der Waals surface area contributed by atoms with Crippen LogP contribution >= 0.6 is 23.1 Å². The van der Waals surface area contributed by atoms with Crippen molar-refractivity contribution in [3.05, 3.63) is 142 Å². The molecule has 0 radical (unpaired) electrons. The van der Waals surface area contributed by atoms with Crippen LogP contribution in [0.1, 0.15) is 68.2 Å². The number of rotatable bonds is 12. The van der Waals surface area contributed by atoms with Gasteiger partial charge in [-0.1, -0.05) is 61.5 Å². The second-order valence-electron chi connectivity index (χ2n) is 11.9.